The number of nitrogens with zero attached hydrogens (tertiary/aromatic N) is 3. The molecule has 1 saturated heterocycles. The smallest absolute Gasteiger partial charge is 0.277 e. The van der Waals surface area contributed by atoms with E-state index in [-0.39, 0.29) is 35.2 Å². The molecule has 10 heteroatoms. The lowest BCUT2D eigenvalue weighted by molar-refractivity contribution is -0.130. The Morgan fingerprint density at radius 2 is 2.00 bits per heavy atom. The number of sulfone groups is 1. The molecule has 4 rings (SSSR count). The second-order valence-electron chi connectivity index (χ2n) is 6.73. The van der Waals surface area contributed by atoms with Crippen molar-refractivity contribution in [3.63, 3.8) is 0 Å². The average Bonchev–Trinajstić information content (AvgIpc) is 3.23. The molecule has 2 heterocycles. The third kappa shape index (κ3) is 4.38. The molecule has 2 aromatic rings. The third-order valence-corrected chi connectivity index (χ3v) is 7.90. The summed E-state index contributed by atoms with van der Waals surface area (Å²) < 4.78 is 30.1. The predicted octanol–water partition coefficient (Wildman–Crippen LogP) is 2.77. The lowest BCUT2D eigenvalue weighted by Crippen LogP contribution is -2.43. The minimum absolute atomic E-state index is 0.0646. The van der Waals surface area contributed by atoms with E-state index in [2.05, 4.69) is 26.1 Å². The van der Waals surface area contributed by atoms with Gasteiger partial charge in [-0.15, -0.1) is 10.2 Å². The number of hydrogen-bond acceptors (Lipinski definition) is 7. The van der Waals surface area contributed by atoms with Gasteiger partial charge in [-0.1, -0.05) is 23.9 Å². The Hall–Kier alpha value is -1.39. The SMILES string of the molecule is O=C(CSc1nnc(-c2ccccc2Br)o1)N(C1CC1)C1CCS(=O)(=O)C1. The number of carbonyl (C=O) groups excluding carboxylic acids is 1. The summed E-state index contributed by atoms with van der Waals surface area (Å²) in [4.78, 5) is 14.5. The van der Waals surface area contributed by atoms with Crippen molar-refractivity contribution in [1.29, 1.82) is 0 Å². The molecule has 2 fully saturated rings. The van der Waals surface area contributed by atoms with Crippen LogP contribution in [0.15, 0.2) is 38.4 Å². The summed E-state index contributed by atoms with van der Waals surface area (Å²) in [7, 11) is -3.02. The Balaban J connectivity index is 1.41. The van der Waals surface area contributed by atoms with E-state index in [0.29, 0.717) is 17.5 Å². The van der Waals surface area contributed by atoms with E-state index in [1.807, 2.05) is 24.3 Å². The minimum atomic E-state index is -3.02. The number of amides is 1. The molecule has 0 spiro atoms. The minimum Gasteiger partial charge on any atom is -0.411 e. The number of hydrogen-bond donors (Lipinski definition) is 0. The number of halogens is 1. The van der Waals surface area contributed by atoms with Gasteiger partial charge < -0.3 is 9.32 Å². The Morgan fingerprint density at radius 3 is 2.67 bits per heavy atom. The first-order valence-electron chi connectivity index (χ1n) is 8.66. The summed E-state index contributed by atoms with van der Waals surface area (Å²) in [5.41, 5.74) is 0.791. The van der Waals surface area contributed by atoms with Crippen molar-refractivity contribution >= 4 is 43.4 Å². The Labute approximate surface area is 170 Å². The normalized spacial score (nSPS) is 21.3. The number of carbonyl (C=O) groups is 1. The van der Waals surface area contributed by atoms with Crippen molar-refractivity contribution in [3.05, 3.63) is 28.7 Å². The van der Waals surface area contributed by atoms with Gasteiger partial charge in [0.25, 0.3) is 5.22 Å². The molecular weight excluding hydrogens is 454 g/mol. The molecule has 1 aromatic heterocycles. The highest BCUT2D eigenvalue weighted by molar-refractivity contribution is 9.10. The summed E-state index contributed by atoms with van der Waals surface area (Å²) in [5, 5.41) is 8.37. The Bertz CT molecular complexity index is 959. The van der Waals surface area contributed by atoms with Crippen LogP contribution in [0.25, 0.3) is 11.5 Å². The number of rotatable bonds is 6. The summed E-state index contributed by atoms with van der Waals surface area (Å²) in [6, 6.07) is 7.51. The van der Waals surface area contributed by atoms with Crippen molar-refractivity contribution in [2.75, 3.05) is 17.3 Å². The Kier molecular flexibility index (Phi) is 5.30. The molecule has 0 radical (unpaired) electrons. The van der Waals surface area contributed by atoms with E-state index < -0.39 is 9.84 Å². The lowest BCUT2D eigenvalue weighted by Gasteiger charge is -2.28. The zero-order chi connectivity index (χ0) is 19.0. The van der Waals surface area contributed by atoms with Crippen molar-refractivity contribution in [1.82, 2.24) is 15.1 Å². The zero-order valence-corrected chi connectivity index (χ0v) is 17.6. The van der Waals surface area contributed by atoms with Gasteiger partial charge in [0.1, 0.15) is 0 Å². The van der Waals surface area contributed by atoms with Gasteiger partial charge in [0.2, 0.25) is 11.8 Å². The monoisotopic (exact) mass is 471 g/mol. The summed E-state index contributed by atoms with van der Waals surface area (Å²) >= 11 is 4.63. The first-order chi connectivity index (χ1) is 12.9. The molecule has 2 aliphatic rings. The molecule has 1 saturated carbocycles. The third-order valence-electron chi connectivity index (χ3n) is 4.66. The summed E-state index contributed by atoms with van der Waals surface area (Å²) in [6.45, 7) is 0. The maximum absolute atomic E-state index is 12.7. The zero-order valence-electron chi connectivity index (χ0n) is 14.4. The van der Waals surface area contributed by atoms with Crippen LogP contribution in [-0.2, 0) is 14.6 Å². The Morgan fingerprint density at radius 1 is 1.22 bits per heavy atom. The first-order valence-corrected chi connectivity index (χ1v) is 12.3. The number of aromatic nitrogens is 2. The largest absolute Gasteiger partial charge is 0.411 e. The molecule has 7 nitrogen and oxygen atoms in total. The maximum Gasteiger partial charge on any atom is 0.277 e. The van der Waals surface area contributed by atoms with E-state index in [9.17, 15) is 13.2 Å². The second-order valence-corrected chi connectivity index (χ2v) is 10.7. The van der Waals surface area contributed by atoms with E-state index in [1.54, 1.807) is 4.90 Å². The average molecular weight is 472 g/mol. The van der Waals surface area contributed by atoms with Crippen LogP contribution >= 0.6 is 27.7 Å². The molecule has 1 aliphatic heterocycles. The standard InChI is InChI=1S/C17H18BrN3O4S2/c18-14-4-2-1-3-13(14)16-19-20-17(25-16)26-9-15(22)21(11-5-6-11)12-7-8-27(23,24)10-12/h1-4,11-12H,5-10H2. The quantitative estimate of drug-likeness (QED) is 0.597. The van der Waals surface area contributed by atoms with Gasteiger partial charge in [-0.3, -0.25) is 4.79 Å². The van der Waals surface area contributed by atoms with Crippen LogP contribution in [0.4, 0.5) is 0 Å². The molecule has 1 aromatic carbocycles. The fraction of sp³-hybridized carbons (Fsp3) is 0.471. The van der Waals surface area contributed by atoms with Crippen molar-refractivity contribution < 1.29 is 17.6 Å². The van der Waals surface area contributed by atoms with Crippen LogP contribution in [0.5, 0.6) is 0 Å². The maximum atomic E-state index is 12.7. The van der Waals surface area contributed by atoms with Gasteiger partial charge in [0.05, 0.1) is 22.8 Å². The lowest BCUT2D eigenvalue weighted by atomic mass is 10.2. The molecule has 0 N–H and O–H groups in total. The van der Waals surface area contributed by atoms with Gasteiger partial charge >= 0.3 is 0 Å². The van der Waals surface area contributed by atoms with E-state index in [0.717, 1.165) is 22.9 Å². The van der Waals surface area contributed by atoms with Crippen LogP contribution in [0.2, 0.25) is 0 Å². The molecular formula is C17H18BrN3O4S2. The van der Waals surface area contributed by atoms with Gasteiger partial charge in [0.15, 0.2) is 9.84 Å². The molecule has 144 valence electrons. The van der Waals surface area contributed by atoms with Gasteiger partial charge in [-0.05, 0) is 47.3 Å². The van der Waals surface area contributed by atoms with E-state index in [4.69, 9.17) is 4.42 Å². The highest BCUT2D eigenvalue weighted by Crippen LogP contribution is 2.34. The highest BCUT2D eigenvalue weighted by Gasteiger charge is 2.42. The van der Waals surface area contributed by atoms with Crippen LogP contribution in [0, 0.1) is 0 Å². The van der Waals surface area contributed by atoms with Crippen LogP contribution in [-0.4, -0.2) is 58.8 Å². The summed E-state index contributed by atoms with van der Waals surface area (Å²) in [6.07, 6.45) is 2.42. The molecule has 1 amide bonds. The summed E-state index contributed by atoms with van der Waals surface area (Å²) in [5.74, 6) is 0.723. The van der Waals surface area contributed by atoms with Crippen LogP contribution in [0.1, 0.15) is 19.3 Å². The molecule has 27 heavy (non-hydrogen) atoms. The van der Waals surface area contributed by atoms with Gasteiger partial charge in [0, 0.05) is 16.6 Å². The fourth-order valence-corrected chi connectivity index (χ4v) is 6.06. The highest BCUT2D eigenvalue weighted by atomic mass is 79.9. The molecule has 1 atom stereocenters. The van der Waals surface area contributed by atoms with Gasteiger partial charge in [-0.25, -0.2) is 8.42 Å². The fourth-order valence-electron chi connectivity index (χ4n) is 3.26. The van der Waals surface area contributed by atoms with Crippen molar-refractivity contribution in [2.24, 2.45) is 0 Å². The van der Waals surface area contributed by atoms with Crippen LogP contribution < -0.4 is 0 Å². The topological polar surface area (TPSA) is 93.4 Å². The molecule has 0 bridgehead atoms. The van der Waals surface area contributed by atoms with E-state index >= 15 is 0 Å². The van der Waals surface area contributed by atoms with E-state index in [1.165, 1.54) is 11.8 Å². The number of thioether (sulfide) groups is 1. The first kappa shape index (κ1) is 18.9. The predicted molar refractivity (Wildman–Crippen MR) is 105 cm³/mol. The number of benzene rings is 1. The van der Waals surface area contributed by atoms with Crippen LogP contribution in [0.3, 0.4) is 0 Å². The van der Waals surface area contributed by atoms with Crippen molar-refractivity contribution in [3.8, 4) is 11.5 Å². The molecule has 1 aliphatic carbocycles. The van der Waals surface area contributed by atoms with Crippen molar-refractivity contribution in [2.45, 2.75) is 36.6 Å². The van der Waals surface area contributed by atoms with Gasteiger partial charge in [-0.2, -0.15) is 0 Å². The second kappa shape index (κ2) is 7.56. The molecule has 1 unspecified atom stereocenters.